The predicted molar refractivity (Wildman–Crippen MR) is 81.3 cm³/mol. The number of hydrogen-bond acceptors (Lipinski definition) is 3. The van der Waals surface area contributed by atoms with Gasteiger partial charge < -0.3 is 9.47 Å². The fraction of sp³-hybridized carbons (Fsp3) is 0.133. The number of rotatable bonds is 5. The maximum Gasteiger partial charge on any atom is 0.137 e. The number of benzene rings is 2. The molecule has 0 spiro atoms. The number of nitrogens with zero attached hydrogens (tertiary/aromatic N) is 1. The Morgan fingerprint density at radius 3 is 2.45 bits per heavy atom. The summed E-state index contributed by atoms with van der Waals surface area (Å²) in [6.07, 6.45) is 0. The van der Waals surface area contributed by atoms with Crippen LogP contribution in [0.5, 0.6) is 11.5 Å². The van der Waals surface area contributed by atoms with Gasteiger partial charge in [0, 0.05) is 9.50 Å². The molecule has 0 unspecified atom stereocenters. The molecule has 0 amide bonds. The molecule has 5 heteroatoms. The lowest BCUT2D eigenvalue weighted by Crippen LogP contribution is -2.09. The molecule has 20 heavy (non-hydrogen) atoms. The molecule has 0 saturated carbocycles. The second-order valence-electron chi connectivity index (χ2n) is 3.90. The van der Waals surface area contributed by atoms with Crippen LogP contribution in [-0.4, -0.2) is 13.2 Å². The van der Waals surface area contributed by atoms with Gasteiger partial charge in [-0.25, -0.2) is 0 Å². The molecule has 0 saturated heterocycles. The van der Waals surface area contributed by atoms with Crippen molar-refractivity contribution in [2.24, 2.45) is 0 Å². The first-order valence-electron chi connectivity index (χ1n) is 5.90. The maximum absolute atomic E-state index is 9.01. The van der Waals surface area contributed by atoms with Crippen molar-refractivity contribution in [3.63, 3.8) is 0 Å². The molecule has 0 fully saturated rings. The lowest BCUT2D eigenvalue weighted by molar-refractivity contribution is 0.217. The Labute approximate surface area is 130 Å². The molecule has 0 radical (unpaired) electrons. The van der Waals surface area contributed by atoms with Crippen LogP contribution in [0.2, 0.25) is 5.02 Å². The lowest BCUT2D eigenvalue weighted by Gasteiger charge is -2.09. The van der Waals surface area contributed by atoms with Gasteiger partial charge in [-0.1, -0.05) is 27.5 Å². The third-order valence-corrected chi connectivity index (χ3v) is 3.23. The van der Waals surface area contributed by atoms with Gasteiger partial charge in [0.2, 0.25) is 0 Å². The van der Waals surface area contributed by atoms with Crippen molar-refractivity contribution in [2.75, 3.05) is 13.2 Å². The van der Waals surface area contributed by atoms with Crippen molar-refractivity contribution in [2.45, 2.75) is 0 Å². The topological polar surface area (TPSA) is 42.2 Å². The van der Waals surface area contributed by atoms with Crippen molar-refractivity contribution in [3.8, 4) is 17.6 Å². The van der Waals surface area contributed by atoms with Gasteiger partial charge >= 0.3 is 0 Å². The van der Waals surface area contributed by atoms with E-state index in [1.807, 2.05) is 6.07 Å². The zero-order chi connectivity index (χ0) is 14.4. The van der Waals surface area contributed by atoms with Gasteiger partial charge in [0.1, 0.15) is 30.8 Å². The van der Waals surface area contributed by atoms with Gasteiger partial charge in [-0.2, -0.15) is 5.26 Å². The molecule has 0 atom stereocenters. The maximum atomic E-state index is 9.01. The lowest BCUT2D eigenvalue weighted by atomic mass is 10.2. The molecule has 2 aromatic carbocycles. The van der Waals surface area contributed by atoms with Crippen LogP contribution in [0.4, 0.5) is 0 Å². The van der Waals surface area contributed by atoms with Gasteiger partial charge in [0.25, 0.3) is 0 Å². The molecule has 0 aliphatic heterocycles. The highest BCUT2D eigenvalue weighted by atomic mass is 79.9. The fourth-order valence-corrected chi connectivity index (χ4v) is 2.04. The van der Waals surface area contributed by atoms with Crippen LogP contribution in [0.1, 0.15) is 5.56 Å². The molecule has 102 valence electrons. The second-order valence-corrected chi connectivity index (χ2v) is 5.26. The summed E-state index contributed by atoms with van der Waals surface area (Å²) in [5.74, 6) is 1.28. The Morgan fingerprint density at radius 2 is 1.75 bits per heavy atom. The highest BCUT2D eigenvalue weighted by Gasteiger charge is 2.04. The smallest absolute Gasteiger partial charge is 0.137 e. The molecule has 0 aliphatic rings. The Morgan fingerprint density at radius 1 is 1.05 bits per heavy atom. The third-order valence-electron chi connectivity index (χ3n) is 2.49. The Hall–Kier alpha value is -1.70. The molecule has 0 bridgehead atoms. The van der Waals surface area contributed by atoms with E-state index in [1.54, 1.807) is 36.4 Å². The van der Waals surface area contributed by atoms with E-state index in [4.69, 9.17) is 26.3 Å². The van der Waals surface area contributed by atoms with E-state index in [0.717, 1.165) is 10.2 Å². The average molecular weight is 353 g/mol. The molecule has 2 aromatic rings. The standard InChI is InChI=1S/C15H11BrClNO2/c16-12-1-6-15(11(9-12)10-18)20-8-7-19-14-4-2-13(17)3-5-14/h1-6,9H,7-8H2. The molecule has 2 rings (SSSR count). The summed E-state index contributed by atoms with van der Waals surface area (Å²) in [6, 6.07) is 14.5. The monoisotopic (exact) mass is 351 g/mol. The van der Waals surface area contributed by atoms with Crippen LogP contribution in [-0.2, 0) is 0 Å². The van der Waals surface area contributed by atoms with Gasteiger partial charge in [0.05, 0.1) is 5.56 Å². The Kier molecular flexibility index (Phi) is 5.28. The van der Waals surface area contributed by atoms with Crippen LogP contribution < -0.4 is 9.47 Å². The number of nitriles is 1. The normalized spacial score (nSPS) is 9.85. The number of halogens is 2. The summed E-state index contributed by atoms with van der Waals surface area (Å²) in [5, 5.41) is 9.68. The molecular formula is C15H11BrClNO2. The van der Waals surface area contributed by atoms with Gasteiger partial charge in [0.15, 0.2) is 0 Å². The largest absolute Gasteiger partial charge is 0.490 e. The first-order valence-corrected chi connectivity index (χ1v) is 7.07. The van der Waals surface area contributed by atoms with Crippen molar-refractivity contribution in [1.29, 1.82) is 5.26 Å². The van der Waals surface area contributed by atoms with Crippen molar-refractivity contribution in [3.05, 3.63) is 57.5 Å². The highest BCUT2D eigenvalue weighted by Crippen LogP contribution is 2.22. The van der Waals surface area contributed by atoms with Crippen LogP contribution in [0, 0.1) is 11.3 Å². The molecule has 0 N–H and O–H groups in total. The summed E-state index contributed by atoms with van der Waals surface area (Å²) >= 11 is 9.10. The van der Waals surface area contributed by atoms with Crippen LogP contribution in [0.25, 0.3) is 0 Å². The van der Waals surface area contributed by atoms with E-state index in [0.29, 0.717) is 29.5 Å². The summed E-state index contributed by atoms with van der Waals surface area (Å²) in [4.78, 5) is 0. The van der Waals surface area contributed by atoms with Gasteiger partial charge in [-0.3, -0.25) is 0 Å². The van der Waals surface area contributed by atoms with E-state index < -0.39 is 0 Å². The summed E-state index contributed by atoms with van der Waals surface area (Å²) < 4.78 is 11.9. The summed E-state index contributed by atoms with van der Waals surface area (Å²) in [7, 11) is 0. The number of ether oxygens (including phenoxy) is 2. The minimum Gasteiger partial charge on any atom is -0.490 e. The van der Waals surface area contributed by atoms with E-state index in [2.05, 4.69) is 22.0 Å². The minimum atomic E-state index is 0.360. The molecule has 3 nitrogen and oxygen atoms in total. The van der Waals surface area contributed by atoms with Crippen LogP contribution in [0.15, 0.2) is 46.9 Å². The van der Waals surface area contributed by atoms with Crippen molar-refractivity contribution < 1.29 is 9.47 Å². The van der Waals surface area contributed by atoms with E-state index >= 15 is 0 Å². The van der Waals surface area contributed by atoms with E-state index in [1.165, 1.54) is 0 Å². The molecule has 0 heterocycles. The van der Waals surface area contributed by atoms with Gasteiger partial charge in [-0.15, -0.1) is 0 Å². The zero-order valence-electron chi connectivity index (χ0n) is 10.5. The summed E-state index contributed by atoms with van der Waals surface area (Å²) in [6.45, 7) is 0.751. The van der Waals surface area contributed by atoms with E-state index in [9.17, 15) is 0 Å². The SMILES string of the molecule is N#Cc1cc(Br)ccc1OCCOc1ccc(Cl)cc1. The quantitative estimate of drug-likeness (QED) is 0.747. The average Bonchev–Trinajstić information content (AvgIpc) is 2.46. The zero-order valence-corrected chi connectivity index (χ0v) is 12.8. The van der Waals surface area contributed by atoms with Crippen molar-refractivity contribution >= 4 is 27.5 Å². The first kappa shape index (κ1) is 14.7. The highest BCUT2D eigenvalue weighted by molar-refractivity contribution is 9.10. The van der Waals surface area contributed by atoms with Gasteiger partial charge in [-0.05, 0) is 42.5 Å². The Bertz CT molecular complexity index is 623. The minimum absolute atomic E-state index is 0.360. The second kappa shape index (κ2) is 7.18. The Balaban J connectivity index is 1.84. The molecule has 0 aromatic heterocycles. The van der Waals surface area contributed by atoms with E-state index in [-0.39, 0.29) is 0 Å². The molecular weight excluding hydrogens is 342 g/mol. The predicted octanol–water partition coefficient (Wildman–Crippen LogP) is 4.43. The third kappa shape index (κ3) is 4.16. The van der Waals surface area contributed by atoms with Crippen LogP contribution >= 0.6 is 27.5 Å². The summed E-state index contributed by atoms with van der Waals surface area (Å²) in [5.41, 5.74) is 0.492. The first-order chi connectivity index (χ1) is 9.69. The van der Waals surface area contributed by atoms with Crippen molar-refractivity contribution in [1.82, 2.24) is 0 Å². The number of hydrogen-bond donors (Lipinski definition) is 0. The fourth-order valence-electron chi connectivity index (χ4n) is 1.56. The van der Waals surface area contributed by atoms with Crippen LogP contribution in [0.3, 0.4) is 0 Å². The molecule has 0 aliphatic carbocycles.